The highest BCUT2D eigenvalue weighted by Gasteiger charge is 2.04. The Balaban J connectivity index is 1.90. The van der Waals surface area contributed by atoms with Crippen molar-refractivity contribution in [3.05, 3.63) is 57.6 Å². The summed E-state index contributed by atoms with van der Waals surface area (Å²) in [5.41, 5.74) is 12.0. The van der Waals surface area contributed by atoms with E-state index in [4.69, 9.17) is 28.9 Å². The number of hydrogen-bond donors (Lipinski definition) is 5. The Morgan fingerprint density at radius 3 is 2.50 bits per heavy atom. The molecular formula is C16H14Cl2N4O2. The maximum atomic E-state index is 9.35. The van der Waals surface area contributed by atoms with Gasteiger partial charge in [-0.1, -0.05) is 29.3 Å². The van der Waals surface area contributed by atoms with Gasteiger partial charge < -0.3 is 15.9 Å². The van der Waals surface area contributed by atoms with Crippen LogP contribution in [-0.2, 0) is 6.54 Å². The Hall–Kier alpha value is -2.75. The zero-order chi connectivity index (χ0) is 17.5. The molecule has 0 saturated heterocycles. The van der Waals surface area contributed by atoms with Gasteiger partial charge in [-0.05, 0) is 36.3 Å². The molecule has 0 atom stereocenters. The van der Waals surface area contributed by atoms with Crippen LogP contribution in [0.4, 0.5) is 0 Å². The van der Waals surface area contributed by atoms with Gasteiger partial charge in [0.05, 0.1) is 6.54 Å². The van der Waals surface area contributed by atoms with Gasteiger partial charge in [-0.3, -0.25) is 10.9 Å². The smallest absolute Gasteiger partial charge is 0.208 e. The number of hydrogen-bond acceptors (Lipinski definition) is 4. The predicted molar refractivity (Wildman–Crippen MR) is 94.7 cm³/mol. The van der Waals surface area contributed by atoms with Crippen LogP contribution in [0.25, 0.3) is 0 Å². The van der Waals surface area contributed by atoms with Gasteiger partial charge in [0.15, 0.2) is 11.5 Å². The lowest BCUT2D eigenvalue weighted by Crippen LogP contribution is -2.39. The maximum absolute atomic E-state index is 9.35. The normalized spacial score (nSPS) is 10.7. The Bertz CT molecular complexity index is 808. The summed E-state index contributed by atoms with van der Waals surface area (Å²) in [7, 11) is 0. The average Bonchev–Trinajstić information content (AvgIpc) is 2.54. The van der Waals surface area contributed by atoms with Crippen molar-refractivity contribution in [1.82, 2.24) is 10.9 Å². The molecule has 124 valence electrons. The number of rotatable bonds is 3. The number of aromatic hydroxyl groups is 2. The SMILES string of the molecule is NC(=NCc1c(Cl)cccc1Cl)NNC#Cc1ccc(O)c(O)c1. The number of nitrogens with zero attached hydrogens (tertiary/aromatic N) is 1. The lowest BCUT2D eigenvalue weighted by Gasteiger charge is -2.05. The molecule has 24 heavy (non-hydrogen) atoms. The van der Waals surface area contributed by atoms with E-state index in [0.29, 0.717) is 21.2 Å². The van der Waals surface area contributed by atoms with Crippen molar-refractivity contribution in [3.8, 4) is 23.5 Å². The van der Waals surface area contributed by atoms with E-state index in [-0.39, 0.29) is 24.0 Å². The highest BCUT2D eigenvalue weighted by atomic mass is 35.5. The minimum Gasteiger partial charge on any atom is -0.504 e. The number of halogens is 2. The molecule has 0 unspecified atom stereocenters. The van der Waals surface area contributed by atoms with Crippen LogP contribution in [0.3, 0.4) is 0 Å². The van der Waals surface area contributed by atoms with Crippen molar-refractivity contribution in [2.45, 2.75) is 6.54 Å². The summed E-state index contributed by atoms with van der Waals surface area (Å²) in [6, 6.07) is 12.0. The quantitative estimate of drug-likeness (QED) is 0.143. The second-order valence-electron chi connectivity index (χ2n) is 4.61. The second-order valence-corrected chi connectivity index (χ2v) is 5.42. The first-order valence-corrected chi connectivity index (χ1v) is 7.50. The highest BCUT2D eigenvalue weighted by molar-refractivity contribution is 6.36. The van der Waals surface area contributed by atoms with Crippen molar-refractivity contribution < 1.29 is 10.2 Å². The monoisotopic (exact) mass is 364 g/mol. The van der Waals surface area contributed by atoms with Gasteiger partial charge in [0.1, 0.15) is 0 Å². The molecule has 0 aliphatic carbocycles. The van der Waals surface area contributed by atoms with Crippen molar-refractivity contribution in [2.24, 2.45) is 10.7 Å². The molecule has 0 spiro atoms. The first kappa shape index (κ1) is 17.6. The number of phenolic OH excluding ortho intramolecular Hbond substituents is 2. The van der Waals surface area contributed by atoms with Crippen LogP contribution < -0.4 is 16.6 Å². The van der Waals surface area contributed by atoms with E-state index < -0.39 is 0 Å². The molecule has 0 aliphatic heterocycles. The van der Waals surface area contributed by atoms with E-state index in [1.54, 1.807) is 24.3 Å². The van der Waals surface area contributed by atoms with Crippen molar-refractivity contribution in [2.75, 3.05) is 0 Å². The van der Waals surface area contributed by atoms with Crippen molar-refractivity contribution >= 4 is 29.2 Å². The molecule has 2 aromatic rings. The number of aliphatic imine (C=N–C) groups is 1. The minimum absolute atomic E-state index is 0.105. The Morgan fingerprint density at radius 2 is 1.83 bits per heavy atom. The summed E-state index contributed by atoms with van der Waals surface area (Å²) in [6.45, 7) is 0.221. The topological polar surface area (TPSA) is 103 Å². The van der Waals surface area contributed by atoms with Crippen LogP contribution in [0.5, 0.6) is 11.5 Å². The van der Waals surface area contributed by atoms with E-state index in [9.17, 15) is 10.2 Å². The fourth-order valence-electron chi connectivity index (χ4n) is 1.69. The molecule has 0 aromatic heterocycles. The van der Waals surface area contributed by atoms with Crippen LogP contribution in [0.2, 0.25) is 10.0 Å². The number of hydrazine groups is 1. The fraction of sp³-hybridized carbons (Fsp3) is 0.0625. The van der Waals surface area contributed by atoms with Gasteiger partial charge in [0, 0.05) is 27.2 Å². The summed E-state index contributed by atoms with van der Waals surface area (Å²) < 4.78 is 0. The fourth-order valence-corrected chi connectivity index (χ4v) is 2.20. The van der Waals surface area contributed by atoms with Crippen LogP contribution in [0.15, 0.2) is 41.4 Å². The number of nitrogens with two attached hydrogens (primary N) is 1. The zero-order valence-electron chi connectivity index (χ0n) is 12.3. The summed E-state index contributed by atoms with van der Waals surface area (Å²) in [5, 5.41) is 19.6. The molecule has 0 heterocycles. The Kier molecular flexibility index (Phi) is 6.01. The van der Waals surface area contributed by atoms with E-state index >= 15 is 0 Å². The van der Waals surface area contributed by atoms with Gasteiger partial charge in [0.2, 0.25) is 5.96 Å². The average molecular weight is 365 g/mol. The molecule has 8 heteroatoms. The highest BCUT2D eigenvalue weighted by Crippen LogP contribution is 2.25. The van der Waals surface area contributed by atoms with Gasteiger partial charge in [0.25, 0.3) is 0 Å². The number of nitrogens with one attached hydrogen (secondary N) is 2. The maximum Gasteiger partial charge on any atom is 0.208 e. The van der Waals surface area contributed by atoms with Gasteiger partial charge in [-0.2, -0.15) is 0 Å². The standard InChI is InChI=1S/C16H14Cl2N4O2/c17-12-2-1-3-13(18)11(12)9-20-16(19)22-21-7-6-10-4-5-14(23)15(24)8-10/h1-5,8,21,23-24H,9H2,(H3,19,20,22). The van der Waals surface area contributed by atoms with E-state index in [0.717, 1.165) is 0 Å². The molecule has 2 rings (SSSR count). The largest absolute Gasteiger partial charge is 0.504 e. The molecule has 0 aliphatic rings. The Morgan fingerprint density at radius 1 is 1.12 bits per heavy atom. The van der Waals surface area contributed by atoms with Gasteiger partial charge >= 0.3 is 0 Å². The molecule has 0 saturated carbocycles. The van der Waals surface area contributed by atoms with E-state index in [1.165, 1.54) is 12.1 Å². The van der Waals surface area contributed by atoms with E-state index in [2.05, 4.69) is 27.8 Å². The summed E-state index contributed by atoms with van der Waals surface area (Å²) >= 11 is 12.1. The van der Waals surface area contributed by atoms with Crippen molar-refractivity contribution in [3.63, 3.8) is 0 Å². The summed E-state index contributed by atoms with van der Waals surface area (Å²) in [5.74, 6) is 2.37. The van der Waals surface area contributed by atoms with Crippen LogP contribution in [-0.4, -0.2) is 16.2 Å². The van der Waals surface area contributed by atoms with Gasteiger partial charge in [-0.15, -0.1) is 0 Å². The third-order valence-electron chi connectivity index (χ3n) is 2.90. The summed E-state index contributed by atoms with van der Waals surface area (Å²) in [6.07, 6.45) is 0. The third kappa shape index (κ3) is 4.88. The van der Waals surface area contributed by atoms with Gasteiger partial charge in [-0.25, -0.2) is 4.99 Å². The molecule has 6 N–H and O–H groups in total. The third-order valence-corrected chi connectivity index (χ3v) is 3.61. The first-order valence-electron chi connectivity index (χ1n) is 6.74. The van der Waals surface area contributed by atoms with Crippen LogP contribution in [0.1, 0.15) is 11.1 Å². The van der Waals surface area contributed by atoms with Crippen molar-refractivity contribution in [1.29, 1.82) is 0 Å². The molecule has 0 fully saturated rings. The van der Waals surface area contributed by atoms with Crippen LogP contribution in [0, 0.1) is 12.0 Å². The van der Waals surface area contributed by atoms with Crippen LogP contribution >= 0.6 is 23.2 Å². The second kappa shape index (κ2) is 8.20. The number of guanidine groups is 1. The lowest BCUT2D eigenvalue weighted by molar-refractivity contribution is 0.403. The number of benzene rings is 2. The molecule has 2 aromatic carbocycles. The first-order chi connectivity index (χ1) is 11.5. The summed E-state index contributed by atoms with van der Waals surface area (Å²) in [4.78, 5) is 4.10. The number of phenols is 2. The molecule has 0 radical (unpaired) electrons. The Labute approximate surface area is 148 Å². The van der Waals surface area contributed by atoms with E-state index in [1.807, 2.05) is 0 Å². The zero-order valence-corrected chi connectivity index (χ0v) is 13.9. The predicted octanol–water partition coefficient (Wildman–Crippen LogP) is 2.32. The molecule has 0 bridgehead atoms. The molecule has 0 amide bonds. The molecular weight excluding hydrogens is 351 g/mol. The molecule has 6 nitrogen and oxygen atoms in total. The lowest BCUT2D eigenvalue weighted by atomic mass is 10.2. The minimum atomic E-state index is -0.243.